The highest BCUT2D eigenvalue weighted by Gasteiger charge is 2.28. The molecule has 0 bridgehead atoms. The van der Waals surface area contributed by atoms with Gasteiger partial charge in [-0.05, 0) is 36.4 Å². The summed E-state index contributed by atoms with van der Waals surface area (Å²) in [5.41, 5.74) is 3.09. The molecule has 0 saturated heterocycles. The Morgan fingerprint density at radius 1 is 1.31 bits per heavy atom. The van der Waals surface area contributed by atoms with Crippen LogP contribution in [0.15, 0.2) is 46.6 Å². The summed E-state index contributed by atoms with van der Waals surface area (Å²) < 4.78 is 17.1. The molecule has 1 aliphatic heterocycles. The van der Waals surface area contributed by atoms with E-state index >= 15 is 0 Å². The molecule has 134 valence electrons. The Labute approximate surface area is 157 Å². The van der Waals surface area contributed by atoms with E-state index in [0.717, 1.165) is 4.47 Å². The van der Waals surface area contributed by atoms with Crippen LogP contribution in [0.1, 0.15) is 15.9 Å². The van der Waals surface area contributed by atoms with Crippen molar-refractivity contribution in [3.63, 3.8) is 0 Å². The van der Waals surface area contributed by atoms with E-state index in [0.29, 0.717) is 28.4 Å². The van der Waals surface area contributed by atoms with Crippen molar-refractivity contribution < 1.29 is 23.8 Å². The SMILES string of the molecule is COc1ccc(Br)cc1C=C1Oc2cc(OCC(=O)NN)ccc2C1=O. The Kier molecular flexibility index (Phi) is 5.24. The summed E-state index contributed by atoms with van der Waals surface area (Å²) in [5.74, 6) is 5.83. The average Bonchev–Trinajstić information content (AvgIpc) is 2.95. The van der Waals surface area contributed by atoms with Gasteiger partial charge in [0.15, 0.2) is 12.4 Å². The fraction of sp³-hybridized carbons (Fsp3) is 0.111. The number of nitrogens with two attached hydrogens (primary N) is 1. The molecule has 0 aromatic heterocycles. The topological polar surface area (TPSA) is 99.9 Å². The minimum atomic E-state index is -0.468. The molecule has 0 aliphatic carbocycles. The number of carbonyl (C=O) groups excluding carboxylic acids is 2. The smallest absolute Gasteiger partial charge is 0.271 e. The summed E-state index contributed by atoms with van der Waals surface area (Å²) in [6.07, 6.45) is 1.62. The summed E-state index contributed by atoms with van der Waals surface area (Å²) in [6, 6.07) is 10.2. The van der Waals surface area contributed by atoms with Crippen molar-refractivity contribution >= 4 is 33.7 Å². The van der Waals surface area contributed by atoms with Gasteiger partial charge >= 0.3 is 0 Å². The first-order valence-corrected chi connectivity index (χ1v) is 8.35. The molecule has 8 heteroatoms. The van der Waals surface area contributed by atoms with Gasteiger partial charge in [-0.25, -0.2) is 5.84 Å². The van der Waals surface area contributed by atoms with E-state index in [2.05, 4.69) is 15.9 Å². The maximum atomic E-state index is 12.5. The molecular weight excluding hydrogens is 404 g/mol. The Hall–Kier alpha value is -2.84. The molecule has 0 spiro atoms. The van der Waals surface area contributed by atoms with Gasteiger partial charge in [-0.3, -0.25) is 15.0 Å². The zero-order valence-corrected chi connectivity index (χ0v) is 15.3. The number of rotatable bonds is 5. The Balaban J connectivity index is 1.85. The summed E-state index contributed by atoms with van der Waals surface area (Å²) in [4.78, 5) is 23.7. The number of ether oxygens (including phenoxy) is 3. The van der Waals surface area contributed by atoms with Crippen molar-refractivity contribution in [2.45, 2.75) is 0 Å². The third-order valence-electron chi connectivity index (χ3n) is 3.65. The van der Waals surface area contributed by atoms with Crippen molar-refractivity contribution in [1.82, 2.24) is 5.43 Å². The number of hydrazine groups is 1. The number of hydrogen-bond acceptors (Lipinski definition) is 6. The number of nitrogens with one attached hydrogen (secondary N) is 1. The Morgan fingerprint density at radius 3 is 2.85 bits per heavy atom. The van der Waals surface area contributed by atoms with Crippen LogP contribution in [0.5, 0.6) is 17.2 Å². The molecule has 0 radical (unpaired) electrons. The number of ketones is 1. The van der Waals surface area contributed by atoms with Crippen LogP contribution in [0.4, 0.5) is 0 Å². The maximum Gasteiger partial charge on any atom is 0.271 e. The van der Waals surface area contributed by atoms with Crippen LogP contribution in [0.25, 0.3) is 6.08 Å². The fourth-order valence-corrected chi connectivity index (χ4v) is 2.79. The first-order valence-electron chi connectivity index (χ1n) is 7.56. The normalized spacial score (nSPS) is 14.0. The molecule has 3 N–H and O–H groups in total. The van der Waals surface area contributed by atoms with Crippen LogP contribution in [-0.4, -0.2) is 25.4 Å². The molecule has 0 atom stereocenters. The molecule has 0 fully saturated rings. The number of allylic oxidation sites excluding steroid dienone is 1. The summed E-state index contributed by atoms with van der Waals surface area (Å²) in [7, 11) is 1.55. The van der Waals surface area contributed by atoms with Crippen molar-refractivity contribution in [2.24, 2.45) is 5.84 Å². The van der Waals surface area contributed by atoms with E-state index in [1.165, 1.54) is 0 Å². The molecule has 7 nitrogen and oxygen atoms in total. The van der Waals surface area contributed by atoms with Crippen LogP contribution in [0.3, 0.4) is 0 Å². The quantitative estimate of drug-likeness (QED) is 0.334. The molecule has 0 unspecified atom stereocenters. The highest BCUT2D eigenvalue weighted by molar-refractivity contribution is 9.10. The highest BCUT2D eigenvalue weighted by Crippen LogP contribution is 2.36. The molecule has 3 rings (SSSR count). The Morgan fingerprint density at radius 2 is 2.12 bits per heavy atom. The van der Waals surface area contributed by atoms with Gasteiger partial charge in [0.05, 0.1) is 12.7 Å². The van der Waals surface area contributed by atoms with Crippen LogP contribution >= 0.6 is 15.9 Å². The van der Waals surface area contributed by atoms with Gasteiger partial charge in [0.2, 0.25) is 5.78 Å². The standard InChI is InChI=1S/C18H15BrN2O5/c1-24-14-5-2-11(19)6-10(14)7-16-18(23)13-4-3-12(8-15(13)26-16)25-9-17(22)21-20/h2-8H,9,20H2,1H3,(H,21,22). The number of carbonyl (C=O) groups is 2. The average molecular weight is 419 g/mol. The lowest BCUT2D eigenvalue weighted by molar-refractivity contribution is -0.123. The van der Waals surface area contributed by atoms with Gasteiger partial charge in [-0.1, -0.05) is 15.9 Å². The molecule has 0 saturated carbocycles. The minimum absolute atomic E-state index is 0.174. The number of hydrogen-bond donors (Lipinski definition) is 2. The Bertz CT molecular complexity index is 910. The van der Waals surface area contributed by atoms with E-state index in [9.17, 15) is 9.59 Å². The largest absolute Gasteiger partial charge is 0.496 e. The van der Waals surface area contributed by atoms with Gasteiger partial charge in [-0.15, -0.1) is 0 Å². The van der Waals surface area contributed by atoms with Gasteiger partial charge in [-0.2, -0.15) is 0 Å². The number of benzene rings is 2. The maximum absolute atomic E-state index is 12.5. The molecule has 2 aromatic carbocycles. The number of Topliss-reactive ketones (excluding diaryl/α,β-unsaturated/α-hetero) is 1. The van der Waals surface area contributed by atoms with Gasteiger partial charge in [0.1, 0.15) is 17.2 Å². The van der Waals surface area contributed by atoms with Crippen molar-refractivity contribution in [3.8, 4) is 17.2 Å². The lowest BCUT2D eigenvalue weighted by Crippen LogP contribution is -2.34. The lowest BCUT2D eigenvalue weighted by atomic mass is 10.1. The lowest BCUT2D eigenvalue weighted by Gasteiger charge is -2.06. The van der Waals surface area contributed by atoms with Gasteiger partial charge < -0.3 is 14.2 Å². The predicted molar refractivity (Wildman–Crippen MR) is 97.9 cm³/mol. The molecule has 1 amide bonds. The van der Waals surface area contributed by atoms with Gasteiger partial charge in [0, 0.05) is 16.1 Å². The van der Waals surface area contributed by atoms with E-state index in [1.807, 2.05) is 17.6 Å². The van der Waals surface area contributed by atoms with Crippen molar-refractivity contribution in [2.75, 3.05) is 13.7 Å². The van der Waals surface area contributed by atoms with Crippen LogP contribution in [0.2, 0.25) is 0 Å². The zero-order valence-electron chi connectivity index (χ0n) is 13.7. The molecule has 26 heavy (non-hydrogen) atoms. The number of halogens is 1. The number of amides is 1. The number of methoxy groups -OCH3 is 1. The van der Waals surface area contributed by atoms with Crippen LogP contribution < -0.4 is 25.5 Å². The van der Waals surface area contributed by atoms with Gasteiger partial charge in [0.25, 0.3) is 5.91 Å². The van der Waals surface area contributed by atoms with Crippen LogP contribution in [0, 0.1) is 0 Å². The zero-order chi connectivity index (χ0) is 18.7. The molecular formula is C18H15BrN2O5. The second-order valence-electron chi connectivity index (χ2n) is 5.34. The predicted octanol–water partition coefficient (Wildman–Crippen LogP) is 2.44. The fourth-order valence-electron chi connectivity index (χ4n) is 2.41. The first-order chi connectivity index (χ1) is 12.5. The monoisotopic (exact) mass is 418 g/mol. The van der Waals surface area contributed by atoms with E-state index in [1.54, 1.807) is 37.5 Å². The third-order valence-corrected chi connectivity index (χ3v) is 4.14. The summed E-state index contributed by atoms with van der Waals surface area (Å²) in [6.45, 7) is -0.235. The van der Waals surface area contributed by atoms with E-state index < -0.39 is 5.91 Å². The summed E-state index contributed by atoms with van der Waals surface area (Å²) >= 11 is 3.39. The van der Waals surface area contributed by atoms with Crippen molar-refractivity contribution in [3.05, 3.63) is 57.8 Å². The van der Waals surface area contributed by atoms with E-state index in [-0.39, 0.29) is 18.1 Å². The molecule has 1 aliphatic rings. The third kappa shape index (κ3) is 3.71. The molecule has 2 aromatic rings. The second kappa shape index (κ2) is 7.59. The highest BCUT2D eigenvalue weighted by atomic mass is 79.9. The summed E-state index contributed by atoms with van der Waals surface area (Å²) in [5, 5.41) is 0. The van der Waals surface area contributed by atoms with Crippen LogP contribution in [-0.2, 0) is 4.79 Å². The number of fused-ring (bicyclic) bond motifs is 1. The first kappa shape index (κ1) is 18.0. The minimum Gasteiger partial charge on any atom is -0.496 e. The van der Waals surface area contributed by atoms with Crippen molar-refractivity contribution in [1.29, 1.82) is 0 Å². The second-order valence-corrected chi connectivity index (χ2v) is 6.26. The van der Waals surface area contributed by atoms with E-state index in [4.69, 9.17) is 20.1 Å². The molecule has 1 heterocycles.